The summed E-state index contributed by atoms with van der Waals surface area (Å²) in [6.45, 7) is 3.25. The Morgan fingerprint density at radius 2 is 2.00 bits per heavy atom. The summed E-state index contributed by atoms with van der Waals surface area (Å²) in [6.07, 6.45) is 5.52. The molecule has 1 N–H and O–H groups in total. The molecule has 1 saturated carbocycles. The van der Waals surface area contributed by atoms with E-state index in [4.69, 9.17) is 23.2 Å². The van der Waals surface area contributed by atoms with Crippen LogP contribution in [0.2, 0.25) is 10.0 Å². The van der Waals surface area contributed by atoms with Crippen LogP contribution >= 0.6 is 23.2 Å². The van der Waals surface area contributed by atoms with Crippen LogP contribution in [0.5, 0.6) is 0 Å². The van der Waals surface area contributed by atoms with Gasteiger partial charge < -0.3 is 5.32 Å². The predicted molar refractivity (Wildman–Crippen MR) is 74.8 cm³/mol. The number of nitrogens with one attached hydrogen (secondary N) is 1. The predicted octanol–water partition coefficient (Wildman–Crippen LogP) is 4.83. The van der Waals surface area contributed by atoms with Gasteiger partial charge in [-0.1, -0.05) is 42.1 Å². The average molecular weight is 272 g/mol. The van der Waals surface area contributed by atoms with E-state index in [-0.39, 0.29) is 0 Å². The van der Waals surface area contributed by atoms with Gasteiger partial charge in [0, 0.05) is 16.1 Å². The minimum atomic E-state index is 0.292. The molecule has 2 rings (SSSR count). The molecule has 1 unspecified atom stereocenters. The van der Waals surface area contributed by atoms with Gasteiger partial charge in [0.1, 0.15) is 0 Å². The zero-order valence-electron chi connectivity index (χ0n) is 10.2. The van der Waals surface area contributed by atoms with Gasteiger partial charge in [-0.25, -0.2) is 0 Å². The second kappa shape index (κ2) is 6.08. The van der Waals surface area contributed by atoms with Gasteiger partial charge in [-0.3, -0.25) is 0 Å². The molecule has 1 aromatic carbocycles. The first kappa shape index (κ1) is 13.2. The minimum Gasteiger partial charge on any atom is -0.310 e. The second-order valence-electron chi connectivity index (χ2n) is 4.95. The van der Waals surface area contributed by atoms with Gasteiger partial charge in [0.2, 0.25) is 0 Å². The van der Waals surface area contributed by atoms with Crippen LogP contribution in [0.1, 0.15) is 44.2 Å². The van der Waals surface area contributed by atoms with Crippen molar-refractivity contribution in [3.63, 3.8) is 0 Å². The van der Waals surface area contributed by atoms with Crippen LogP contribution < -0.4 is 5.32 Å². The highest BCUT2D eigenvalue weighted by atomic mass is 35.5. The SMILES string of the molecule is CC(NCC1CCCC1)c1ccc(Cl)cc1Cl. The molecular weight excluding hydrogens is 253 g/mol. The lowest BCUT2D eigenvalue weighted by atomic mass is 10.1. The number of rotatable bonds is 4. The van der Waals surface area contributed by atoms with E-state index in [1.54, 1.807) is 0 Å². The Bertz CT molecular complexity index is 372. The van der Waals surface area contributed by atoms with Crippen molar-refractivity contribution in [2.45, 2.75) is 38.6 Å². The van der Waals surface area contributed by atoms with Crippen LogP contribution in [0.4, 0.5) is 0 Å². The lowest BCUT2D eigenvalue weighted by Gasteiger charge is -2.18. The summed E-state index contributed by atoms with van der Waals surface area (Å²) in [5, 5.41) is 5.02. The van der Waals surface area contributed by atoms with E-state index < -0.39 is 0 Å². The highest BCUT2D eigenvalue weighted by Crippen LogP contribution is 2.28. The summed E-state index contributed by atoms with van der Waals surface area (Å²) in [5.41, 5.74) is 1.13. The Labute approximate surface area is 114 Å². The molecule has 1 nitrogen and oxygen atoms in total. The molecule has 1 aliphatic rings. The monoisotopic (exact) mass is 271 g/mol. The molecule has 0 amide bonds. The molecule has 0 aromatic heterocycles. The number of hydrogen-bond acceptors (Lipinski definition) is 1. The van der Waals surface area contributed by atoms with Gasteiger partial charge in [-0.2, -0.15) is 0 Å². The molecule has 3 heteroatoms. The first-order chi connectivity index (χ1) is 8.16. The van der Waals surface area contributed by atoms with Crippen molar-refractivity contribution in [1.29, 1.82) is 0 Å². The molecule has 94 valence electrons. The molecule has 1 atom stereocenters. The quantitative estimate of drug-likeness (QED) is 0.827. The molecule has 0 saturated heterocycles. The summed E-state index contributed by atoms with van der Waals surface area (Å²) in [7, 11) is 0. The fourth-order valence-electron chi connectivity index (χ4n) is 2.52. The summed E-state index contributed by atoms with van der Waals surface area (Å²) in [5.74, 6) is 0.850. The summed E-state index contributed by atoms with van der Waals surface area (Å²) in [6, 6.07) is 6.01. The number of halogens is 2. The van der Waals surface area contributed by atoms with Crippen LogP contribution in [-0.4, -0.2) is 6.54 Å². The molecule has 1 fully saturated rings. The molecule has 17 heavy (non-hydrogen) atoms. The van der Waals surface area contributed by atoms with Gasteiger partial charge in [-0.15, -0.1) is 0 Å². The lowest BCUT2D eigenvalue weighted by Crippen LogP contribution is -2.24. The molecule has 0 aliphatic heterocycles. The third-order valence-electron chi connectivity index (χ3n) is 3.62. The minimum absolute atomic E-state index is 0.292. The zero-order valence-corrected chi connectivity index (χ0v) is 11.7. The molecule has 1 aliphatic carbocycles. The van der Waals surface area contributed by atoms with Crippen molar-refractivity contribution < 1.29 is 0 Å². The van der Waals surface area contributed by atoms with E-state index in [0.29, 0.717) is 11.1 Å². The van der Waals surface area contributed by atoms with Crippen LogP contribution in [0.15, 0.2) is 18.2 Å². The summed E-state index contributed by atoms with van der Waals surface area (Å²) >= 11 is 12.1. The Hall–Kier alpha value is -0.240. The number of hydrogen-bond donors (Lipinski definition) is 1. The lowest BCUT2D eigenvalue weighted by molar-refractivity contribution is 0.452. The smallest absolute Gasteiger partial charge is 0.0468 e. The maximum Gasteiger partial charge on any atom is 0.0468 e. The van der Waals surface area contributed by atoms with E-state index in [0.717, 1.165) is 23.0 Å². The molecular formula is C14H19Cl2N. The highest BCUT2D eigenvalue weighted by molar-refractivity contribution is 6.35. The van der Waals surface area contributed by atoms with Crippen LogP contribution in [0, 0.1) is 5.92 Å². The first-order valence-electron chi connectivity index (χ1n) is 6.35. The molecule has 0 spiro atoms. The van der Waals surface area contributed by atoms with E-state index >= 15 is 0 Å². The Balaban J connectivity index is 1.91. The van der Waals surface area contributed by atoms with Crippen LogP contribution in [-0.2, 0) is 0 Å². The van der Waals surface area contributed by atoms with E-state index in [9.17, 15) is 0 Å². The van der Waals surface area contributed by atoms with Gasteiger partial charge in [0.15, 0.2) is 0 Å². The van der Waals surface area contributed by atoms with E-state index in [1.165, 1.54) is 25.7 Å². The van der Waals surface area contributed by atoms with Crippen LogP contribution in [0.25, 0.3) is 0 Å². The standard InChI is InChI=1S/C14H19Cl2N/c1-10(17-9-11-4-2-3-5-11)13-7-6-12(15)8-14(13)16/h6-8,10-11,17H,2-5,9H2,1H3. The van der Waals surface area contributed by atoms with Gasteiger partial charge in [-0.05, 0) is 49.9 Å². The normalized spacial score (nSPS) is 18.5. The third-order valence-corrected chi connectivity index (χ3v) is 4.18. The van der Waals surface area contributed by atoms with Gasteiger partial charge >= 0.3 is 0 Å². The molecule has 0 radical (unpaired) electrons. The van der Waals surface area contributed by atoms with Crippen molar-refractivity contribution >= 4 is 23.2 Å². The van der Waals surface area contributed by atoms with E-state index in [1.807, 2.05) is 18.2 Å². The molecule has 0 heterocycles. The van der Waals surface area contributed by atoms with Crippen molar-refractivity contribution in [2.24, 2.45) is 5.92 Å². The maximum atomic E-state index is 6.20. The van der Waals surface area contributed by atoms with Crippen molar-refractivity contribution in [3.8, 4) is 0 Å². The average Bonchev–Trinajstić information content (AvgIpc) is 2.78. The third kappa shape index (κ3) is 3.61. The first-order valence-corrected chi connectivity index (χ1v) is 7.10. The highest BCUT2D eigenvalue weighted by Gasteiger charge is 2.16. The maximum absolute atomic E-state index is 6.20. The number of benzene rings is 1. The van der Waals surface area contributed by atoms with Crippen LogP contribution in [0.3, 0.4) is 0 Å². The zero-order chi connectivity index (χ0) is 12.3. The fourth-order valence-corrected chi connectivity index (χ4v) is 3.09. The fraction of sp³-hybridized carbons (Fsp3) is 0.571. The Morgan fingerprint density at radius 3 is 2.65 bits per heavy atom. The van der Waals surface area contributed by atoms with Crippen molar-refractivity contribution in [3.05, 3.63) is 33.8 Å². The summed E-state index contributed by atoms with van der Waals surface area (Å²) < 4.78 is 0. The molecule has 0 bridgehead atoms. The van der Waals surface area contributed by atoms with Crippen molar-refractivity contribution in [2.75, 3.05) is 6.54 Å². The largest absolute Gasteiger partial charge is 0.310 e. The Kier molecular flexibility index (Phi) is 4.72. The van der Waals surface area contributed by atoms with Gasteiger partial charge in [0.05, 0.1) is 0 Å². The topological polar surface area (TPSA) is 12.0 Å². The second-order valence-corrected chi connectivity index (χ2v) is 5.79. The van der Waals surface area contributed by atoms with Gasteiger partial charge in [0.25, 0.3) is 0 Å². The Morgan fingerprint density at radius 1 is 1.29 bits per heavy atom. The molecule has 1 aromatic rings. The van der Waals surface area contributed by atoms with E-state index in [2.05, 4.69) is 12.2 Å². The summed E-state index contributed by atoms with van der Waals surface area (Å²) in [4.78, 5) is 0. The van der Waals surface area contributed by atoms with Crippen molar-refractivity contribution in [1.82, 2.24) is 5.32 Å².